The zero-order chi connectivity index (χ0) is 6.69. The van der Waals surface area contributed by atoms with Crippen molar-refractivity contribution >= 4 is 0 Å². The molecule has 0 saturated carbocycles. The molecule has 0 aliphatic heterocycles. The molecule has 0 spiro atoms. The van der Waals surface area contributed by atoms with Crippen LogP contribution in [0.2, 0.25) is 0 Å². The largest absolute Gasteiger partial charge is 0.449 e. The van der Waals surface area contributed by atoms with E-state index in [2.05, 4.69) is 9.40 Å². The van der Waals surface area contributed by atoms with Gasteiger partial charge in [-0.15, -0.1) is 0 Å². The molecule has 0 amide bonds. The Morgan fingerprint density at radius 3 is 2.89 bits per heavy atom. The Morgan fingerprint density at radius 1 is 1.67 bits per heavy atom. The summed E-state index contributed by atoms with van der Waals surface area (Å²) in [7, 11) is 0. The third kappa shape index (κ3) is 1.79. The van der Waals surface area contributed by atoms with Crippen LogP contribution in [0.1, 0.15) is 5.89 Å². The van der Waals surface area contributed by atoms with Gasteiger partial charge in [0.25, 0.3) is 0 Å². The van der Waals surface area contributed by atoms with Crippen molar-refractivity contribution in [2.24, 2.45) is 0 Å². The van der Waals surface area contributed by atoms with Crippen LogP contribution in [0.25, 0.3) is 0 Å². The fourth-order valence-corrected chi connectivity index (χ4v) is 0.486. The number of rotatable bonds is 2. The highest BCUT2D eigenvalue weighted by molar-refractivity contribution is 4.80. The van der Waals surface area contributed by atoms with Crippen LogP contribution >= 0.6 is 0 Å². The van der Waals surface area contributed by atoms with Gasteiger partial charge in [-0.25, -0.2) is 13.8 Å². The summed E-state index contributed by atoms with van der Waals surface area (Å²) in [6.07, 6.45) is -0.147. The van der Waals surface area contributed by atoms with Gasteiger partial charge in [0.15, 0.2) is 5.89 Å². The first-order valence-corrected chi connectivity index (χ1v) is 2.45. The summed E-state index contributed by atoms with van der Waals surface area (Å²) in [6, 6.07) is 0. The number of nitrogens with zero attached hydrogens (tertiary/aromatic N) is 1. The molecule has 50 valence electrons. The molecule has 1 aromatic heterocycles. The fourth-order valence-electron chi connectivity index (χ4n) is 0.486. The second kappa shape index (κ2) is 2.57. The van der Waals surface area contributed by atoms with E-state index in [9.17, 15) is 8.78 Å². The van der Waals surface area contributed by atoms with Crippen molar-refractivity contribution in [2.75, 3.05) is 0 Å². The minimum atomic E-state index is -2.37. The molecule has 0 fully saturated rings. The van der Waals surface area contributed by atoms with Crippen LogP contribution in [0.3, 0.4) is 0 Å². The van der Waals surface area contributed by atoms with Crippen LogP contribution in [0.5, 0.6) is 0 Å². The Balaban J connectivity index is 2.48. The van der Waals surface area contributed by atoms with Gasteiger partial charge in [0.05, 0.1) is 12.6 Å². The molecular weight excluding hydrogens is 128 g/mol. The molecule has 1 rings (SSSR count). The van der Waals surface area contributed by atoms with Crippen molar-refractivity contribution in [1.82, 2.24) is 4.98 Å². The van der Waals surface area contributed by atoms with Crippen molar-refractivity contribution in [2.45, 2.75) is 12.8 Å². The maximum absolute atomic E-state index is 11.5. The van der Waals surface area contributed by atoms with E-state index >= 15 is 0 Å². The van der Waals surface area contributed by atoms with Crippen molar-refractivity contribution in [3.05, 3.63) is 18.4 Å². The molecule has 0 unspecified atom stereocenters. The van der Waals surface area contributed by atoms with Crippen LogP contribution < -0.4 is 0 Å². The van der Waals surface area contributed by atoms with Crippen molar-refractivity contribution in [3.8, 4) is 0 Å². The quantitative estimate of drug-likeness (QED) is 0.610. The van der Waals surface area contributed by atoms with Gasteiger partial charge in [0, 0.05) is 0 Å². The van der Waals surface area contributed by atoms with E-state index in [4.69, 9.17) is 0 Å². The summed E-state index contributed by atoms with van der Waals surface area (Å²) in [5.41, 5.74) is 0. The fraction of sp³-hybridized carbons (Fsp3) is 0.400. The van der Waals surface area contributed by atoms with Gasteiger partial charge in [0.2, 0.25) is 6.43 Å². The van der Waals surface area contributed by atoms with E-state index in [1.54, 1.807) is 0 Å². The summed E-state index contributed by atoms with van der Waals surface area (Å²) in [5.74, 6) is 0.0880. The maximum Gasteiger partial charge on any atom is 0.247 e. The van der Waals surface area contributed by atoms with Crippen LogP contribution in [0.15, 0.2) is 16.9 Å². The molecular formula is C5H5F2NO. The average molecular weight is 133 g/mol. The Kier molecular flexibility index (Phi) is 1.77. The van der Waals surface area contributed by atoms with Gasteiger partial charge < -0.3 is 4.42 Å². The average Bonchev–Trinajstić information content (AvgIpc) is 2.15. The van der Waals surface area contributed by atoms with Gasteiger partial charge in [-0.1, -0.05) is 0 Å². The third-order valence-corrected chi connectivity index (χ3v) is 0.812. The second-order valence-electron chi connectivity index (χ2n) is 1.52. The molecule has 0 saturated heterocycles. The summed E-state index contributed by atoms with van der Waals surface area (Å²) in [6.45, 7) is 0. The van der Waals surface area contributed by atoms with Gasteiger partial charge in [0.1, 0.15) is 6.26 Å². The Morgan fingerprint density at radius 2 is 2.44 bits per heavy atom. The van der Waals surface area contributed by atoms with Crippen LogP contribution in [-0.2, 0) is 6.42 Å². The topological polar surface area (TPSA) is 26.0 Å². The molecule has 9 heavy (non-hydrogen) atoms. The number of halogens is 2. The first-order valence-electron chi connectivity index (χ1n) is 2.45. The highest BCUT2D eigenvalue weighted by Crippen LogP contribution is 2.03. The standard InChI is InChI=1S/C5H5F2NO/c6-4(7)3-5-8-1-2-9-5/h1-2,4H,3H2. The Bertz CT molecular complexity index is 161. The van der Waals surface area contributed by atoms with Crippen LogP contribution in [-0.4, -0.2) is 11.4 Å². The zero-order valence-electron chi connectivity index (χ0n) is 4.55. The lowest BCUT2D eigenvalue weighted by Gasteiger charge is -1.89. The molecule has 0 bridgehead atoms. The predicted molar refractivity (Wildman–Crippen MR) is 26.2 cm³/mol. The summed E-state index contributed by atoms with van der Waals surface area (Å²) >= 11 is 0. The van der Waals surface area contributed by atoms with E-state index in [-0.39, 0.29) is 5.89 Å². The first kappa shape index (κ1) is 6.19. The molecule has 4 heteroatoms. The van der Waals surface area contributed by atoms with Gasteiger partial charge in [-0.05, 0) is 0 Å². The highest BCUT2D eigenvalue weighted by Gasteiger charge is 2.06. The molecule has 0 aliphatic rings. The van der Waals surface area contributed by atoms with Crippen molar-refractivity contribution in [1.29, 1.82) is 0 Å². The zero-order valence-corrected chi connectivity index (χ0v) is 4.55. The van der Waals surface area contributed by atoms with E-state index in [0.29, 0.717) is 0 Å². The lowest BCUT2D eigenvalue weighted by atomic mass is 10.4. The monoisotopic (exact) mass is 133 g/mol. The summed E-state index contributed by atoms with van der Waals surface area (Å²) in [4.78, 5) is 3.51. The van der Waals surface area contributed by atoms with Crippen molar-refractivity contribution in [3.63, 3.8) is 0 Å². The van der Waals surface area contributed by atoms with Gasteiger partial charge in [-0.3, -0.25) is 0 Å². The minimum absolute atomic E-state index is 0.0880. The molecule has 0 N–H and O–H groups in total. The summed E-state index contributed by atoms with van der Waals surface area (Å²) < 4.78 is 27.5. The van der Waals surface area contributed by atoms with E-state index in [0.717, 1.165) is 0 Å². The third-order valence-electron chi connectivity index (χ3n) is 0.812. The molecule has 0 aliphatic carbocycles. The highest BCUT2D eigenvalue weighted by atomic mass is 19.3. The second-order valence-corrected chi connectivity index (χ2v) is 1.52. The number of aromatic nitrogens is 1. The number of hydrogen-bond acceptors (Lipinski definition) is 2. The van der Waals surface area contributed by atoms with E-state index in [1.165, 1.54) is 12.5 Å². The van der Waals surface area contributed by atoms with E-state index in [1.807, 2.05) is 0 Å². The van der Waals surface area contributed by atoms with E-state index < -0.39 is 12.8 Å². The van der Waals surface area contributed by atoms with Gasteiger partial charge in [-0.2, -0.15) is 0 Å². The smallest absolute Gasteiger partial charge is 0.247 e. The summed E-state index contributed by atoms with van der Waals surface area (Å²) in [5, 5.41) is 0. The molecule has 2 nitrogen and oxygen atoms in total. The lowest BCUT2D eigenvalue weighted by molar-refractivity contribution is 0.139. The predicted octanol–water partition coefficient (Wildman–Crippen LogP) is 1.48. The molecule has 0 atom stereocenters. The number of hydrogen-bond donors (Lipinski definition) is 0. The molecule has 0 aromatic carbocycles. The maximum atomic E-state index is 11.5. The number of alkyl halides is 2. The van der Waals surface area contributed by atoms with Crippen molar-refractivity contribution < 1.29 is 13.2 Å². The normalized spacial score (nSPS) is 10.6. The lowest BCUT2D eigenvalue weighted by Crippen LogP contribution is -1.95. The molecule has 0 radical (unpaired) electrons. The van der Waals surface area contributed by atoms with Gasteiger partial charge >= 0.3 is 0 Å². The molecule has 1 heterocycles. The van der Waals surface area contributed by atoms with Crippen LogP contribution in [0, 0.1) is 0 Å². The SMILES string of the molecule is FC(F)Cc1ncco1. The molecule has 1 aromatic rings. The first-order chi connectivity index (χ1) is 4.29. The Labute approximate surface area is 50.5 Å². The minimum Gasteiger partial charge on any atom is -0.449 e. The Hall–Kier alpha value is -0.930. The number of oxazole rings is 1. The van der Waals surface area contributed by atoms with Crippen LogP contribution in [0.4, 0.5) is 8.78 Å².